The van der Waals surface area contributed by atoms with Crippen LogP contribution in [-0.2, 0) is 13.6 Å². The van der Waals surface area contributed by atoms with Crippen LogP contribution in [0.25, 0.3) is 10.9 Å². The minimum Gasteiger partial charge on any atom is -0.307 e. The van der Waals surface area contributed by atoms with Crippen molar-refractivity contribution in [2.75, 3.05) is 0 Å². The van der Waals surface area contributed by atoms with Crippen molar-refractivity contribution in [3.8, 4) is 0 Å². The molecule has 3 aromatic rings. The van der Waals surface area contributed by atoms with E-state index in [9.17, 15) is 9.18 Å². The van der Waals surface area contributed by atoms with Crippen LogP contribution in [0.3, 0.4) is 0 Å². The Balaban J connectivity index is 2.25. The third-order valence-electron chi connectivity index (χ3n) is 3.56. The number of fused-ring (bicyclic) bond motifs is 1. The predicted molar refractivity (Wildman–Crippen MR) is 78.5 cm³/mol. The summed E-state index contributed by atoms with van der Waals surface area (Å²) < 4.78 is 16.0. The van der Waals surface area contributed by atoms with Crippen molar-refractivity contribution in [2.24, 2.45) is 7.05 Å². The van der Waals surface area contributed by atoms with E-state index < -0.39 is 0 Å². The lowest BCUT2D eigenvalue weighted by Crippen LogP contribution is -2.38. The van der Waals surface area contributed by atoms with E-state index in [1.54, 1.807) is 35.9 Å². The molecule has 2 aromatic carbocycles. The van der Waals surface area contributed by atoms with Crippen LogP contribution in [0.2, 0.25) is 0 Å². The molecule has 0 spiro atoms. The molecule has 0 unspecified atom stereocenters. The molecule has 0 aliphatic carbocycles. The summed E-state index contributed by atoms with van der Waals surface area (Å²) in [6, 6.07) is 13.4. The number of halogens is 1. The topological polar surface area (TPSA) is 50.8 Å². The van der Waals surface area contributed by atoms with Gasteiger partial charge in [-0.25, -0.2) is 4.39 Å². The van der Waals surface area contributed by atoms with E-state index in [2.05, 4.69) is 0 Å². The van der Waals surface area contributed by atoms with Gasteiger partial charge in [-0.1, -0.05) is 24.3 Å². The number of hydrogen-bond acceptors (Lipinski definition) is 2. The zero-order valence-electron chi connectivity index (χ0n) is 11.5. The van der Waals surface area contributed by atoms with Crippen LogP contribution in [0.1, 0.15) is 5.56 Å². The molecule has 0 atom stereocenters. The third kappa shape index (κ3) is 2.27. The highest BCUT2D eigenvalue weighted by atomic mass is 19.1. The lowest BCUT2D eigenvalue weighted by atomic mass is 10.2. The summed E-state index contributed by atoms with van der Waals surface area (Å²) in [6.45, 7) is 0.410. The molecule has 0 bridgehead atoms. The Bertz CT molecular complexity index is 923. The number of para-hydroxylation sites is 1. The Morgan fingerprint density at radius 1 is 1.10 bits per heavy atom. The molecule has 0 saturated carbocycles. The summed E-state index contributed by atoms with van der Waals surface area (Å²) in [5.74, 6) is -0.292. The van der Waals surface area contributed by atoms with Crippen molar-refractivity contribution < 1.29 is 4.39 Å². The van der Waals surface area contributed by atoms with Crippen LogP contribution in [-0.4, -0.2) is 9.13 Å². The molecule has 1 heterocycles. The Labute approximate surface area is 120 Å². The highest BCUT2D eigenvalue weighted by Crippen LogP contribution is 2.10. The zero-order valence-corrected chi connectivity index (χ0v) is 11.5. The van der Waals surface area contributed by atoms with Crippen molar-refractivity contribution in [3.05, 3.63) is 75.9 Å². The number of hydrogen-bond donors (Lipinski definition) is 1. The van der Waals surface area contributed by atoms with Gasteiger partial charge in [0, 0.05) is 7.05 Å². The van der Waals surface area contributed by atoms with Gasteiger partial charge in [0.1, 0.15) is 5.82 Å². The van der Waals surface area contributed by atoms with Gasteiger partial charge in [0.25, 0.3) is 5.56 Å². The molecule has 4 nitrogen and oxygen atoms in total. The average molecular weight is 283 g/mol. The molecular weight excluding hydrogens is 269 g/mol. The molecule has 0 aliphatic rings. The quantitative estimate of drug-likeness (QED) is 0.768. The number of rotatable bonds is 2. The smallest absolute Gasteiger partial charge is 0.262 e. The Kier molecular flexibility index (Phi) is 3.17. The van der Waals surface area contributed by atoms with Gasteiger partial charge in [-0.15, -0.1) is 0 Å². The third-order valence-corrected chi connectivity index (χ3v) is 3.56. The zero-order chi connectivity index (χ0) is 15.0. The normalized spacial score (nSPS) is 11.0. The molecule has 1 aromatic heterocycles. The number of nitrogens with one attached hydrogen (secondary N) is 1. The summed E-state index contributed by atoms with van der Waals surface area (Å²) in [4.78, 5) is 12.2. The van der Waals surface area contributed by atoms with Gasteiger partial charge in [-0.05, 0) is 29.8 Å². The summed E-state index contributed by atoms with van der Waals surface area (Å²) in [5.41, 5.74) is 1.50. The average Bonchev–Trinajstić information content (AvgIpc) is 2.51. The highest BCUT2D eigenvalue weighted by molar-refractivity contribution is 5.77. The van der Waals surface area contributed by atoms with Crippen molar-refractivity contribution >= 4 is 10.9 Å². The molecule has 0 aliphatic heterocycles. The second kappa shape index (κ2) is 5.01. The van der Waals surface area contributed by atoms with Gasteiger partial charge in [0.15, 0.2) is 0 Å². The van der Waals surface area contributed by atoms with Crippen LogP contribution in [0.4, 0.5) is 4.39 Å². The fraction of sp³-hybridized carbons (Fsp3) is 0.125. The second-order valence-corrected chi connectivity index (χ2v) is 4.92. The van der Waals surface area contributed by atoms with Gasteiger partial charge in [-0.2, -0.15) is 0 Å². The predicted octanol–water partition coefficient (Wildman–Crippen LogP) is 2.01. The molecule has 0 fully saturated rings. The van der Waals surface area contributed by atoms with Crippen LogP contribution in [0.5, 0.6) is 0 Å². The van der Waals surface area contributed by atoms with Crippen molar-refractivity contribution in [3.63, 3.8) is 0 Å². The second-order valence-electron chi connectivity index (χ2n) is 4.92. The fourth-order valence-electron chi connectivity index (χ4n) is 2.39. The van der Waals surface area contributed by atoms with Crippen LogP contribution >= 0.6 is 0 Å². The first-order chi connectivity index (χ1) is 10.1. The van der Waals surface area contributed by atoms with E-state index in [1.165, 1.54) is 16.7 Å². The van der Waals surface area contributed by atoms with Crippen molar-refractivity contribution in [1.82, 2.24) is 9.13 Å². The standard InChI is InChI=1S/C16H14FN3O/c1-19-15(21)13-4-2-3-5-14(13)20(16(19)18)10-11-6-8-12(17)9-7-11/h2-9,18H,10H2,1H3. The first-order valence-corrected chi connectivity index (χ1v) is 6.55. The molecular formula is C16H14FN3O. The number of nitrogens with zero attached hydrogens (tertiary/aromatic N) is 2. The molecule has 3 rings (SSSR count). The monoisotopic (exact) mass is 283 g/mol. The first-order valence-electron chi connectivity index (χ1n) is 6.55. The largest absolute Gasteiger partial charge is 0.307 e. The Hall–Kier alpha value is -2.69. The van der Waals surface area contributed by atoms with Gasteiger partial charge in [-0.3, -0.25) is 14.8 Å². The van der Waals surface area contributed by atoms with Crippen LogP contribution < -0.4 is 11.2 Å². The molecule has 0 saturated heterocycles. The van der Waals surface area contributed by atoms with Crippen LogP contribution in [0.15, 0.2) is 53.3 Å². The van der Waals surface area contributed by atoms with Gasteiger partial charge in [0.05, 0.1) is 17.4 Å². The summed E-state index contributed by atoms with van der Waals surface area (Å²) in [5, 5.41) is 8.73. The minimum atomic E-state index is -0.292. The lowest BCUT2D eigenvalue weighted by molar-refractivity contribution is 0.621. The highest BCUT2D eigenvalue weighted by Gasteiger charge is 2.08. The first kappa shape index (κ1) is 13.3. The fourth-order valence-corrected chi connectivity index (χ4v) is 2.39. The van der Waals surface area contributed by atoms with E-state index in [1.807, 2.05) is 12.1 Å². The molecule has 0 amide bonds. The van der Waals surface area contributed by atoms with E-state index in [0.717, 1.165) is 5.56 Å². The van der Waals surface area contributed by atoms with Crippen LogP contribution in [0, 0.1) is 11.2 Å². The Morgan fingerprint density at radius 3 is 2.48 bits per heavy atom. The maximum Gasteiger partial charge on any atom is 0.262 e. The molecule has 106 valence electrons. The van der Waals surface area contributed by atoms with E-state index in [0.29, 0.717) is 17.4 Å². The molecule has 21 heavy (non-hydrogen) atoms. The van der Waals surface area contributed by atoms with Gasteiger partial charge in [0.2, 0.25) is 5.62 Å². The maximum atomic E-state index is 13.0. The lowest BCUT2D eigenvalue weighted by Gasteiger charge is -2.13. The van der Waals surface area contributed by atoms with Crippen molar-refractivity contribution in [1.29, 1.82) is 5.41 Å². The van der Waals surface area contributed by atoms with E-state index >= 15 is 0 Å². The summed E-state index contributed by atoms with van der Waals surface area (Å²) >= 11 is 0. The summed E-state index contributed by atoms with van der Waals surface area (Å²) in [7, 11) is 1.58. The minimum absolute atomic E-state index is 0.114. The maximum absolute atomic E-state index is 13.0. The number of benzene rings is 2. The Morgan fingerprint density at radius 2 is 1.76 bits per heavy atom. The van der Waals surface area contributed by atoms with Crippen molar-refractivity contribution in [2.45, 2.75) is 6.54 Å². The van der Waals surface area contributed by atoms with Gasteiger partial charge < -0.3 is 4.57 Å². The number of aromatic nitrogens is 2. The van der Waals surface area contributed by atoms with Gasteiger partial charge >= 0.3 is 0 Å². The SMILES string of the molecule is Cn1c(=O)c2ccccc2n(Cc2ccc(F)cc2)c1=N. The summed E-state index contributed by atoms with van der Waals surface area (Å²) in [6.07, 6.45) is 0. The molecule has 0 radical (unpaired) electrons. The molecule has 5 heteroatoms. The molecule has 1 N–H and O–H groups in total. The van der Waals surface area contributed by atoms with E-state index in [-0.39, 0.29) is 17.0 Å². The van der Waals surface area contributed by atoms with E-state index in [4.69, 9.17) is 5.41 Å².